The molecule has 0 unspecified atom stereocenters. The first-order chi connectivity index (χ1) is 9.88. The number of carbonyl (C=O) groups is 1. The number of amides is 1. The van der Waals surface area contributed by atoms with E-state index >= 15 is 0 Å². The van der Waals surface area contributed by atoms with Crippen LogP contribution in [-0.2, 0) is 0 Å². The van der Waals surface area contributed by atoms with Crippen LogP contribution in [0.25, 0.3) is 0 Å². The predicted molar refractivity (Wildman–Crippen MR) is 85.6 cm³/mol. The molecule has 0 saturated heterocycles. The highest BCUT2D eigenvalue weighted by Crippen LogP contribution is 2.06. The van der Waals surface area contributed by atoms with Gasteiger partial charge in [-0.05, 0) is 46.0 Å². The Morgan fingerprint density at radius 1 is 1.33 bits per heavy atom. The molecule has 0 aliphatic heterocycles. The number of anilines is 1. The van der Waals surface area contributed by atoms with E-state index in [1.54, 1.807) is 6.07 Å². The number of aryl methyl sites for hydroxylation is 1. The van der Waals surface area contributed by atoms with Gasteiger partial charge in [-0.1, -0.05) is 13.8 Å². The van der Waals surface area contributed by atoms with E-state index in [9.17, 15) is 4.79 Å². The molecule has 1 amide bonds. The third-order valence-corrected chi connectivity index (χ3v) is 2.82. The Bertz CT molecular complexity index is 459. The van der Waals surface area contributed by atoms with Crippen molar-refractivity contribution in [3.63, 3.8) is 0 Å². The Morgan fingerprint density at radius 2 is 2.05 bits per heavy atom. The molecule has 1 aromatic heterocycles. The van der Waals surface area contributed by atoms with Gasteiger partial charge in [0.1, 0.15) is 5.69 Å². The molecule has 6 nitrogen and oxygen atoms in total. The smallest absolute Gasteiger partial charge is 0.270 e. The Balaban J connectivity index is 2.58. The predicted octanol–water partition coefficient (Wildman–Crippen LogP) is 1.53. The maximum atomic E-state index is 12.1. The third kappa shape index (κ3) is 7.04. The molecule has 0 saturated carbocycles. The first kappa shape index (κ1) is 17.4. The van der Waals surface area contributed by atoms with E-state index in [4.69, 9.17) is 0 Å². The van der Waals surface area contributed by atoms with Crippen LogP contribution >= 0.6 is 0 Å². The zero-order valence-electron chi connectivity index (χ0n) is 13.7. The molecule has 0 aromatic carbocycles. The van der Waals surface area contributed by atoms with E-state index in [-0.39, 0.29) is 5.91 Å². The molecule has 1 aromatic rings. The standard InChI is InChI=1S/C15H27N5O/c1-11(2)10-17-15-18-12(3)9-13(19-15)14(21)16-7-6-8-20(4)5/h9,11H,6-8,10H2,1-5H3,(H,16,21)(H,17,18,19). The van der Waals surface area contributed by atoms with Crippen molar-refractivity contribution in [3.8, 4) is 0 Å². The van der Waals surface area contributed by atoms with Gasteiger partial charge in [0.15, 0.2) is 0 Å². The van der Waals surface area contributed by atoms with Crippen LogP contribution in [0.4, 0.5) is 5.95 Å². The van der Waals surface area contributed by atoms with Crippen LogP contribution in [0.1, 0.15) is 36.5 Å². The number of hydrogen-bond donors (Lipinski definition) is 2. The molecule has 1 heterocycles. The van der Waals surface area contributed by atoms with Crippen molar-refractivity contribution in [1.29, 1.82) is 0 Å². The van der Waals surface area contributed by atoms with Gasteiger partial charge in [0.2, 0.25) is 5.95 Å². The fourth-order valence-electron chi connectivity index (χ4n) is 1.75. The van der Waals surface area contributed by atoms with E-state index < -0.39 is 0 Å². The Kier molecular flexibility index (Phi) is 7.08. The Morgan fingerprint density at radius 3 is 2.67 bits per heavy atom. The fraction of sp³-hybridized carbons (Fsp3) is 0.667. The zero-order valence-corrected chi connectivity index (χ0v) is 13.7. The molecule has 0 spiro atoms. The molecule has 0 fully saturated rings. The number of hydrogen-bond acceptors (Lipinski definition) is 5. The van der Waals surface area contributed by atoms with E-state index in [1.807, 2.05) is 21.0 Å². The van der Waals surface area contributed by atoms with Crippen LogP contribution in [0.5, 0.6) is 0 Å². The summed E-state index contributed by atoms with van der Waals surface area (Å²) >= 11 is 0. The highest BCUT2D eigenvalue weighted by molar-refractivity contribution is 5.92. The summed E-state index contributed by atoms with van der Waals surface area (Å²) in [6.07, 6.45) is 0.918. The number of carbonyl (C=O) groups excluding carboxylic acids is 1. The van der Waals surface area contributed by atoms with Crippen molar-refractivity contribution in [3.05, 3.63) is 17.5 Å². The summed E-state index contributed by atoms with van der Waals surface area (Å²) in [5, 5.41) is 6.04. The minimum Gasteiger partial charge on any atom is -0.354 e. The van der Waals surface area contributed by atoms with E-state index in [0.29, 0.717) is 24.1 Å². The second-order valence-corrected chi connectivity index (χ2v) is 5.91. The molecular weight excluding hydrogens is 266 g/mol. The second-order valence-electron chi connectivity index (χ2n) is 5.91. The summed E-state index contributed by atoms with van der Waals surface area (Å²) in [6, 6.07) is 1.71. The zero-order chi connectivity index (χ0) is 15.8. The lowest BCUT2D eigenvalue weighted by molar-refractivity contribution is 0.0947. The van der Waals surface area contributed by atoms with Crippen molar-refractivity contribution in [2.75, 3.05) is 39.0 Å². The molecule has 0 atom stereocenters. The summed E-state index contributed by atoms with van der Waals surface area (Å²) in [7, 11) is 4.03. The van der Waals surface area contributed by atoms with E-state index in [0.717, 1.165) is 25.2 Å². The highest BCUT2D eigenvalue weighted by Gasteiger charge is 2.10. The third-order valence-electron chi connectivity index (χ3n) is 2.82. The number of aromatic nitrogens is 2. The minimum atomic E-state index is -0.146. The lowest BCUT2D eigenvalue weighted by Crippen LogP contribution is -2.28. The first-order valence-electron chi connectivity index (χ1n) is 7.41. The molecule has 0 bridgehead atoms. The molecule has 0 aliphatic carbocycles. The minimum absolute atomic E-state index is 0.146. The van der Waals surface area contributed by atoms with Gasteiger partial charge in [0.05, 0.1) is 0 Å². The topological polar surface area (TPSA) is 70.2 Å². The molecular formula is C15H27N5O. The molecule has 0 radical (unpaired) electrons. The molecule has 118 valence electrons. The van der Waals surface area contributed by atoms with E-state index in [2.05, 4.69) is 39.3 Å². The summed E-state index contributed by atoms with van der Waals surface area (Å²) in [5.41, 5.74) is 1.20. The molecule has 21 heavy (non-hydrogen) atoms. The van der Waals surface area contributed by atoms with Gasteiger partial charge in [-0.3, -0.25) is 4.79 Å². The maximum Gasteiger partial charge on any atom is 0.270 e. The summed E-state index contributed by atoms with van der Waals surface area (Å²) in [4.78, 5) is 22.8. The van der Waals surface area contributed by atoms with Gasteiger partial charge in [-0.25, -0.2) is 9.97 Å². The second kappa shape index (κ2) is 8.56. The van der Waals surface area contributed by atoms with Crippen molar-refractivity contribution < 1.29 is 4.79 Å². The van der Waals surface area contributed by atoms with Crippen molar-refractivity contribution in [1.82, 2.24) is 20.2 Å². The SMILES string of the molecule is Cc1cc(C(=O)NCCCN(C)C)nc(NCC(C)C)n1. The van der Waals surface area contributed by atoms with Crippen LogP contribution < -0.4 is 10.6 Å². The number of nitrogens with zero attached hydrogens (tertiary/aromatic N) is 3. The molecule has 1 rings (SSSR count). The molecule has 2 N–H and O–H groups in total. The monoisotopic (exact) mass is 293 g/mol. The van der Waals surface area contributed by atoms with Gasteiger partial charge in [-0.2, -0.15) is 0 Å². The average molecular weight is 293 g/mol. The average Bonchev–Trinajstić information content (AvgIpc) is 2.40. The van der Waals surface area contributed by atoms with Crippen LogP contribution in [-0.4, -0.2) is 54.5 Å². The van der Waals surface area contributed by atoms with Gasteiger partial charge >= 0.3 is 0 Å². The quantitative estimate of drug-likeness (QED) is 0.711. The summed E-state index contributed by atoms with van der Waals surface area (Å²) < 4.78 is 0. The Labute approximate surface area is 127 Å². The van der Waals surface area contributed by atoms with Gasteiger partial charge in [0, 0.05) is 18.8 Å². The molecule has 6 heteroatoms. The largest absolute Gasteiger partial charge is 0.354 e. The summed E-state index contributed by atoms with van der Waals surface area (Å²) in [6.45, 7) is 8.47. The van der Waals surface area contributed by atoms with Crippen molar-refractivity contribution in [2.45, 2.75) is 27.2 Å². The first-order valence-corrected chi connectivity index (χ1v) is 7.41. The maximum absolute atomic E-state index is 12.1. The van der Waals surface area contributed by atoms with Gasteiger partial charge in [0.25, 0.3) is 5.91 Å². The van der Waals surface area contributed by atoms with Gasteiger partial charge < -0.3 is 15.5 Å². The van der Waals surface area contributed by atoms with E-state index in [1.165, 1.54) is 0 Å². The van der Waals surface area contributed by atoms with Crippen LogP contribution in [0.2, 0.25) is 0 Å². The van der Waals surface area contributed by atoms with Crippen LogP contribution in [0, 0.1) is 12.8 Å². The fourth-order valence-corrected chi connectivity index (χ4v) is 1.75. The molecule has 0 aliphatic rings. The van der Waals surface area contributed by atoms with Crippen LogP contribution in [0.15, 0.2) is 6.07 Å². The van der Waals surface area contributed by atoms with Crippen molar-refractivity contribution >= 4 is 11.9 Å². The number of nitrogens with one attached hydrogen (secondary N) is 2. The summed E-state index contributed by atoms with van der Waals surface area (Å²) in [5.74, 6) is 0.867. The lowest BCUT2D eigenvalue weighted by Gasteiger charge is -2.11. The number of rotatable bonds is 8. The highest BCUT2D eigenvalue weighted by atomic mass is 16.1. The normalized spacial score (nSPS) is 11.0. The lowest BCUT2D eigenvalue weighted by atomic mass is 10.2. The van der Waals surface area contributed by atoms with Gasteiger partial charge in [-0.15, -0.1) is 0 Å². The van der Waals surface area contributed by atoms with Crippen molar-refractivity contribution in [2.24, 2.45) is 5.92 Å². The Hall–Kier alpha value is -1.69. The van der Waals surface area contributed by atoms with Crippen LogP contribution in [0.3, 0.4) is 0 Å².